The Hall–Kier alpha value is -2.17. The summed E-state index contributed by atoms with van der Waals surface area (Å²) in [6.45, 7) is 10.0. The fourth-order valence-electron chi connectivity index (χ4n) is 3.52. The van der Waals surface area contributed by atoms with Crippen molar-refractivity contribution in [3.63, 3.8) is 0 Å². The Kier molecular flexibility index (Phi) is 8.63. The molecule has 2 aromatic heterocycles. The highest BCUT2D eigenvalue weighted by molar-refractivity contribution is 14.0. The van der Waals surface area contributed by atoms with Crippen LogP contribution >= 0.6 is 24.0 Å². The Morgan fingerprint density at radius 2 is 2.10 bits per heavy atom. The van der Waals surface area contributed by atoms with Crippen LogP contribution in [0.4, 0.5) is 0 Å². The molecular weight excluding hydrogens is 493 g/mol. The summed E-state index contributed by atoms with van der Waals surface area (Å²) >= 11 is 0. The van der Waals surface area contributed by atoms with Crippen LogP contribution in [0.5, 0.6) is 0 Å². The van der Waals surface area contributed by atoms with Gasteiger partial charge in [-0.25, -0.2) is 9.67 Å². The van der Waals surface area contributed by atoms with Gasteiger partial charge in [-0.1, -0.05) is 19.9 Å². The summed E-state index contributed by atoms with van der Waals surface area (Å²) in [5, 5.41) is 11.2. The number of aliphatic imine (C=N–C) groups is 1. The molecule has 1 aliphatic heterocycles. The lowest BCUT2D eigenvalue weighted by atomic mass is 10.2. The van der Waals surface area contributed by atoms with Crippen molar-refractivity contribution in [2.24, 2.45) is 10.9 Å². The highest BCUT2D eigenvalue weighted by Crippen LogP contribution is 2.13. The normalized spacial score (nSPS) is 16.5. The predicted molar refractivity (Wildman–Crippen MR) is 129 cm³/mol. The van der Waals surface area contributed by atoms with Gasteiger partial charge in [0.1, 0.15) is 0 Å². The summed E-state index contributed by atoms with van der Waals surface area (Å²) in [6, 6.07) is 6.26. The summed E-state index contributed by atoms with van der Waals surface area (Å²) in [4.78, 5) is 22.9. The van der Waals surface area contributed by atoms with E-state index in [4.69, 9.17) is 0 Å². The van der Waals surface area contributed by atoms with E-state index in [1.807, 2.05) is 61.7 Å². The summed E-state index contributed by atoms with van der Waals surface area (Å²) in [6.07, 6.45) is 2.78. The van der Waals surface area contributed by atoms with Gasteiger partial charge in [0.05, 0.1) is 5.69 Å². The summed E-state index contributed by atoms with van der Waals surface area (Å²) in [5.74, 6) is 1.79. The molecule has 0 bridgehead atoms. The van der Waals surface area contributed by atoms with Crippen molar-refractivity contribution in [2.45, 2.75) is 46.7 Å². The lowest BCUT2D eigenvalue weighted by Crippen LogP contribution is -2.45. The van der Waals surface area contributed by atoms with E-state index in [2.05, 4.69) is 25.7 Å². The van der Waals surface area contributed by atoms with Gasteiger partial charge in [-0.05, 0) is 38.0 Å². The summed E-state index contributed by atoms with van der Waals surface area (Å²) in [7, 11) is 1.76. The van der Waals surface area contributed by atoms with Crippen molar-refractivity contribution in [3.05, 3.63) is 41.3 Å². The van der Waals surface area contributed by atoms with E-state index in [0.29, 0.717) is 6.54 Å². The predicted octanol–water partition coefficient (Wildman–Crippen LogP) is 2.42. The van der Waals surface area contributed by atoms with Crippen molar-refractivity contribution in [1.82, 2.24) is 30.3 Å². The smallest absolute Gasteiger partial charge is 0.225 e. The first-order valence-corrected chi connectivity index (χ1v) is 10.1. The van der Waals surface area contributed by atoms with Crippen molar-refractivity contribution >= 4 is 35.8 Å². The number of halogens is 1. The van der Waals surface area contributed by atoms with E-state index in [9.17, 15) is 4.79 Å². The van der Waals surface area contributed by atoms with Crippen molar-refractivity contribution < 1.29 is 4.79 Å². The monoisotopic (exact) mass is 525 g/mol. The number of aryl methyl sites for hydroxylation is 2. The van der Waals surface area contributed by atoms with Gasteiger partial charge in [0.15, 0.2) is 11.8 Å². The first kappa shape index (κ1) is 24.1. The number of hydrogen-bond donors (Lipinski definition) is 2. The number of aromatic nitrogens is 3. The van der Waals surface area contributed by atoms with Gasteiger partial charge in [0.25, 0.3) is 0 Å². The van der Waals surface area contributed by atoms with Gasteiger partial charge >= 0.3 is 0 Å². The number of carbonyl (C=O) groups is 1. The maximum Gasteiger partial charge on any atom is 0.225 e. The van der Waals surface area contributed by atoms with Crippen LogP contribution in [0.2, 0.25) is 0 Å². The number of amides is 1. The Morgan fingerprint density at radius 1 is 1.33 bits per heavy atom. The Morgan fingerprint density at radius 3 is 2.67 bits per heavy atom. The van der Waals surface area contributed by atoms with Gasteiger partial charge in [-0.2, -0.15) is 5.10 Å². The molecule has 0 spiro atoms. The van der Waals surface area contributed by atoms with Crippen LogP contribution in [0.1, 0.15) is 37.2 Å². The molecule has 2 N–H and O–H groups in total. The number of nitrogens with one attached hydrogen (secondary N) is 2. The highest BCUT2D eigenvalue weighted by Gasteiger charge is 2.27. The first-order valence-electron chi connectivity index (χ1n) is 10.1. The van der Waals surface area contributed by atoms with Crippen LogP contribution in [0.15, 0.2) is 29.4 Å². The minimum absolute atomic E-state index is 0. The van der Waals surface area contributed by atoms with E-state index in [0.717, 1.165) is 48.2 Å². The molecule has 8 nitrogen and oxygen atoms in total. The molecule has 0 aromatic carbocycles. The Balaban J connectivity index is 0.00000320. The molecule has 164 valence electrons. The minimum Gasteiger partial charge on any atom is -0.352 e. The summed E-state index contributed by atoms with van der Waals surface area (Å²) < 4.78 is 1.84. The molecule has 1 atom stereocenters. The largest absolute Gasteiger partial charge is 0.352 e. The molecule has 1 fully saturated rings. The second-order valence-corrected chi connectivity index (χ2v) is 7.86. The SMILES string of the molecule is CN=C(NCc1ccc(-n2nc(C)cc2C)nc1)NC1CCN(C(=O)C(C)C)C1.I. The fourth-order valence-corrected chi connectivity index (χ4v) is 3.52. The number of likely N-dealkylation sites (tertiary alicyclic amines) is 1. The molecule has 30 heavy (non-hydrogen) atoms. The molecular formula is C21H32IN7O. The third-order valence-electron chi connectivity index (χ3n) is 5.05. The zero-order chi connectivity index (χ0) is 21.0. The standard InChI is InChI=1S/C21H31N7O.HI/c1-14(2)20(29)27-9-8-18(13-27)25-21(22-5)24-12-17-6-7-19(23-11-17)28-16(4)10-15(3)26-28;/h6-7,10-11,14,18H,8-9,12-13H2,1-5H3,(H2,22,24,25);1H. The minimum atomic E-state index is 0. The Labute approximate surface area is 195 Å². The van der Waals surface area contributed by atoms with Gasteiger partial charge in [0, 0.05) is 50.5 Å². The van der Waals surface area contributed by atoms with Gasteiger partial charge in [-0.15, -0.1) is 24.0 Å². The third-order valence-corrected chi connectivity index (χ3v) is 5.05. The maximum absolute atomic E-state index is 12.1. The Bertz CT molecular complexity index is 876. The molecule has 2 aromatic rings. The molecule has 1 saturated heterocycles. The zero-order valence-electron chi connectivity index (χ0n) is 18.3. The van der Waals surface area contributed by atoms with Crippen LogP contribution in [-0.4, -0.2) is 57.7 Å². The lowest BCUT2D eigenvalue weighted by molar-refractivity contribution is -0.133. The maximum atomic E-state index is 12.1. The number of pyridine rings is 1. The van der Waals surface area contributed by atoms with E-state index in [1.54, 1.807) is 7.05 Å². The van der Waals surface area contributed by atoms with Crippen LogP contribution in [-0.2, 0) is 11.3 Å². The van der Waals surface area contributed by atoms with Gasteiger partial charge in [-0.3, -0.25) is 9.79 Å². The van der Waals surface area contributed by atoms with E-state index in [-0.39, 0.29) is 41.8 Å². The van der Waals surface area contributed by atoms with Gasteiger partial charge in [0.2, 0.25) is 5.91 Å². The topological polar surface area (TPSA) is 87.4 Å². The van der Waals surface area contributed by atoms with Crippen LogP contribution in [0.3, 0.4) is 0 Å². The average molecular weight is 525 g/mol. The van der Waals surface area contributed by atoms with Crippen LogP contribution in [0.25, 0.3) is 5.82 Å². The van der Waals surface area contributed by atoms with E-state index in [1.165, 1.54) is 0 Å². The van der Waals surface area contributed by atoms with E-state index < -0.39 is 0 Å². The molecule has 9 heteroatoms. The number of hydrogen-bond acceptors (Lipinski definition) is 4. The molecule has 3 rings (SSSR count). The molecule has 3 heterocycles. The second-order valence-electron chi connectivity index (χ2n) is 7.86. The van der Waals surface area contributed by atoms with Crippen LogP contribution in [0, 0.1) is 19.8 Å². The highest BCUT2D eigenvalue weighted by atomic mass is 127. The quantitative estimate of drug-likeness (QED) is 0.356. The molecule has 0 saturated carbocycles. The first-order chi connectivity index (χ1) is 13.9. The van der Waals surface area contributed by atoms with Gasteiger partial charge < -0.3 is 15.5 Å². The second kappa shape index (κ2) is 10.7. The molecule has 0 aliphatic carbocycles. The number of carbonyl (C=O) groups excluding carboxylic acids is 1. The third kappa shape index (κ3) is 5.93. The number of nitrogens with zero attached hydrogens (tertiary/aromatic N) is 5. The molecule has 1 aliphatic rings. The molecule has 1 amide bonds. The van der Waals surface area contributed by atoms with Crippen molar-refractivity contribution in [2.75, 3.05) is 20.1 Å². The average Bonchev–Trinajstić information content (AvgIpc) is 3.30. The van der Waals surface area contributed by atoms with Crippen LogP contribution < -0.4 is 10.6 Å². The zero-order valence-corrected chi connectivity index (χ0v) is 20.7. The number of rotatable bonds is 5. The van der Waals surface area contributed by atoms with Crippen molar-refractivity contribution in [3.8, 4) is 5.82 Å². The summed E-state index contributed by atoms with van der Waals surface area (Å²) in [5.41, 5.74) is 3.10. The molecule has 1 unspecified atom stereocenters. The number of guanidine groups is 1. The van der Waals surface area contributed by atoms with E-state index >= 15 is 0 Å². The lowest BCUT2D eigenvalue weighted by Gasteiger charge is -2.20. The molecule has 0 radical (unpaired) electrons. The van der Waals surface area contributed by atoms with Crippen molar-refractivity contribution in [1.29, 1.82) is 0 Å². The fraction of sp³-hybridized carbons (Fsp3) is 0.524.